The highest BCUT2D eigenvalue weighted by molar-refractivity contribution is 7.07. The molecule has 3 rings (SSSR count). The van der Waals surface area contributed by atoms with E-state index in [1.807, 2.05) is 11.3 Å². The van der Waals surface area contributed by atoms with Crippen molar-refractivity contribution in [2.45, 2.75) is 70.0 Å². The van der Waals surface area contributed by atoms with Gasteiger partial charge in [-0.15, -0.1) is 0 Å². The molecule has 3 heteroatoms. The summed E-state index contributed by atoms with van der Waals surface area (Å²) < 4.78 is 0. The highest BCUT2D eigenvalue weighted by atomic mass is 32.1. The van der Waals surface area contributed by atoms with Gasteiger partial charge in [0.15, 0.2) is 0 Å². The Balaban J connectivity index is 1.77. The zero-order valence-electron chi connectivity index (χ0n) is 12.9. The number of hydrogen-bond acceptors (Lipinski definition) is 3. The van der Waals surface area contributed by atoms with Crippen LogP contribution in [0, 0.1) is 0 Å². The molecule has 2 atom stereocenters. The average molecular weight is 292 g/mol. The Morgan fingerprint density at radius 1 is 1.40 bits per heavy atom. The zero-order chi connectivity index (χ0) is 14.0. The number of piperazine rings is 1. The summed E-state index contributed by atoms with van der Waals surface area (Å²) in [5.74, 6) is 0. The van der Waals surface area contributed by atoms with Gasteiger partial charge in [0.25, 0.3) is 0 Å². The lowest BCUT2D eigenvalue weighted by molar-refractivity contribution is 0.0270. The minimum Gasteiger partial charge on any atom is -0.308 e. The molecule has 1 N–H and O–H groups in total. The normalized spacial score (nSPS) is 28.6. The third kappa shape index (κ3) is 2.81. The lowest BCUT2D eigenvalue weighted by Crippen LogP contribution is -2.64. The van der Waals surface area contributed by atoms with Crippen LogP contribution in [0.25, 0.3) is 0 Å². The lowest BCUT2D eigenvalue weighted by Gasteiger charge is -2.51. The van der Waals surface area contributed by atoms with Gasteiger partial charge in [0, 0.05) is 30.7 Å². The van der Waals surface area contributed by atoms with Gasteiger partial charge < -0.3 is 5.32 Å². The van der Waals surface area contributed by atoms with Crippen molar-refractivity contribution in [1.29, 1.82) is 0 Å². The molecule has 2 unspecified atom stereocenters. The highest BCUT2D eigenvalue weighted by Crippen LogP contribution is 2.36. The van der Waals surface area contributed by atoms with Crippen molar-refractivity contribution in [2.75, 3.05) is 13.1 Å². The third-order valence-corrected chi connectivity index (χ3v) is 6.17. The summed E-state index contributed by atoms with van der Waals surface area (Å²) in [4.78, 5) is 2.78. The van der Waals surface area contributed by atoms with Gasteiger partial charge in [-0.2, -0.15) is 11.3 Å². The molecule has 1 aromatic heterocycles. The second-order valence-corrected chi connectivity index (χ2v) is 7.47. The first-order valence-corrected chi connectivity index (χ1v) is 9.21. The zero-order valence-corrected chi connectivity index (χ0v) is 13.7. The van der Waals surface area contributed by atoms with Gasteiger partial charge in [-0.25, -0.2) is 0 Å². The monoisotopic (exact) mass is 292 g/mol. The molecule has 0 amide bonds. The van der Waals surface area contributed by atoms with Gasteiger partial charge in [0.1, 0.15) is 0 Å². The van der Waals surface area contributed by atoms with Crippen molar-refractivity contribution in [3.63, 3.8) is 0 Å². The van der Waals surface area contributed by atoms with Crippen molar-refractivity contribution in [3.05, 3.63) is 22.4 Å². The van der Waals surface area contributed by atoms with Gasteiger partial charge in [0.05, 0.1) is 0 Å². The van der Waals surface area contributed by atoms with Crippen LogP contribution in [-0.4, -0.2) is 29.6 Å². The number of rotatable bonds is 3. The lowest BCUT2D eigenvalue weighted by atomic mass is 9.78. The Morgan fingerprint density at radius 2 is 2.20 bits per heavy atom. The average Bonchev–Trinajstić information content (AvgIpc) is 3.01. The number of nitrogens with zero attached hydrogens (tertiary/aromatic N) is 1. The fourth-order valence-electron chi connectivity index (χ4n) is 4.09. The van der Waals surface area contributed by atoms with E-state index >= 15 is 0 Å². The van der Waals surface area contributed by atoms with Gasteiger partial charge in [-0.1, -0.05) is 26.2 Å². The quantitative estimate of drug-likeness (QED) is 0.898. The standard InChI is InChI=1S/C17H28N2S/c1-3-16-11-18-17(8-5-4-6-9-17)13-19(16)14(2)15-7-10-20-12-15/h7,10,12,14,16,18H,3-6,8-9,11,13H2,1-2H3. The summed E-state index contributed by atoms with van der Waals surface area (Å²) in [6.07, 6.45) is 8.24. The molecule has 1 saturated heterocycles. The Bertz CT molecular complexity index is 409. The maximum absolute atomic E-state index is 3.93. The summed E-state index contributed by atoms with van der Waals surface area (Å²) in [6, 6.07) is 3.56. The molecular formula is C17H28N2S. The van der Waals surface area contributed by atoms with Crippen LogP contribution in [0.5, 0.6) is 0 Å². The van der Waals surface area contributed by atoms with Crippen molar-refractivity contribution in [3.8, 4) is 0 Å². The summed E-state index contributed by atoms with van der Waals surface area (Å²) in [7, 11) is 0. The van der Waals surface area contributed by atoms with Crippen LogP contribution < -0.4 is 5.32 Å². The van der Waals surface area contributed by atoms with Crippen LogP contribution in [0.2, 0.25) is 0 Å². The van der Waals surface area contributed by atoms with Crippen molar-refractivity contribution < 1.29 is 0 Å². The van der Waals surface area contributed by atoms with E-state index in [0.29, 0.717) is 17.6 Å². The van der Waals surface area contributed by atoms with Crippen LogP contribution in [0.3, 0.4) is 0 Å². The van der Waals surface area contributed by atoms with E-state index in [4.69, 9.17) is 0 Å². The predicted octanol–water partition coefficient (Wildman–Crippen LogP) is 4.20. The highest BCUT2D eigenvalue weighted by Gasteiger charge is 2.40. The van der Waals surface area contributed by atoms with Crippen LogP contribution in [-0.2, 0) is 0 Å². The topological polar surface area (TPSA) is 15.3 Å². The third-order valence-electron chi connectivity index (χ3n) is 5.47. The molecule has 112 valence electrons. The molecule has 0 aromatic carbocycles. The van der Waals surface area contributed by atoms with Crippen LogP contribution in [0.4, 0.5) is 0 Å². The Labute approximate surface area is 127 Å². The fourth-order valence-corrected chi connectivity index (χ4v) is 4.83. The number of thiophene rings is 1. The molecular weight excluding hydrogens is 264 g/mol. The van der Waals surface area contributed by atoms with E-state index in [0.717, 1.165) is 0 Å². The maximum atomic E-state index is 3.93. The molecule has 2 nitrogen and oxygen atoms in total. The fraction of sp³-hybridized carbons (Fsp3) is 0.765. The predicted molar refractivity (Wildman–Crippen MR) is 87.3 cm³/mol. The molecule has 2 fully saturated rings. The van der Waals surface area contributed by atoms with Crippen LogP contribution in [0.15, 0.2) is 16.8 Å². The molecule has 1 spiro atoms. The molecule has 20 heavy (non-hydrogen) atoms. The summed E-state index contributed by atoms with van der Waals surface area (Å²) in [5.41, 5.74) is 1.91. The minimum atomic E-state index is 0.411. The second-order valence-electron chi connectivity index (χ2n) is 6.69. The van der Waals surface area contributed by atoms with Crippen LogP contribution in [0.1, 0.15) is 64.0 Å². The Morgan fingerprint density at radius 3 is 2.85 bits per heavy atom. The minimum absolute atomic E-state index is 0.411. The molecule has 0 radical (unpaired) electrons. The van der Waals surface area contributed by atoms with E-state index in [2.05, 4.69) is 40.9 Å². The first kappa shape index (κ1) is 14.6. The van der Waals surface area contributed by atoms with Crippen molar-refractivity contribution in [2.24, 2.45) is 0 Å². The van der Waals surface area contributed by atoms with Crippen LogP contribution >= 0.6 is 11.3 Å². The van der Waals surface area contributed by atoms with Gasteiger partial charge >= 0.3 is 0 Å². The summed E-state index contributed by atoms with van der Waals surface area (Å²) >= 11 is 1.83. The van der Waals surface area contributed by atoms with E-state index in [9.17, 15) is 0 Å². The Kier molecular flexibility index (Phi) is 4.49. The molecule has 1 aliphatic heterocycles. The molecule has 0 bridgehead atoms. The van der Waals surface area contributed by atoms with Crippen molar-refractivity contribution in [1.82, 2.24) is 10.2 Å². The summed E-state index contributed by atoms with van der Waals surface area (Å²) in [6.45, 7) is 7.14. The van der Waals surface area contributed by atoms with E-state index < -0.39 is 0 Å². The smallest absolute Gasteiger partial charge is 0.0332 e. The molecule has 1 aliphatic carbocycles. The van der Waals surface area contributed by atoms with Gasteiger partial charge in [-0.3, -0.25) is 4.90 Å². The first-order chi connectivity index (χ1) is 9.74. The summed E-state index contributed by atoms with van der Waals surface area (Å²) in [5, 5.41) is 8.47. The van der Waals surface area contributed by atoms with E-state index in [1.165, 1.54) is 57.2 Å². The SMILES string of the molecule is CCC1CNC2(CCCCC2)CN1C(C)c1ccsc1. The molecule has 1 saturated carbocycles. The maximum Gasteiger partial charge on any atom is 0.0332 e. The molecule has 1 aromatic rings. The molecule has 2 heterocycles. The second kappa shape index (κ2) is 6.17. The first-order valence-electron chi connectivity index (χ1n) is 8.27. The van der Waals surface area contributed by atoms with Gasteiger partial charge in [-0.05, 0) is 48.6 Å². The van der Waals surface area contributed by atoms with E-state index in [1.54, 1.807) is 0 Å². The number of nitrogens with one attached hydrogen (secondary N) is 1. The number of hydrogen-bond donors (Lipinski definition) is 1. The van der Waals surface area contributed by atoms with Gasteiger partial charge in [0.2, 0.25) is 0 Å². The van der Waals surface area contributed by atoms with Crippen molar-refractivity contribution >= 4 is 11.3 Å². The largest absolute Gasteiger partial charge is 0.308 e. The molecule has 2 aliphatic rings. The Hall–Kier alpha value is -0.380. The van der Waals surface area contributed by atoms with E-state index in [-0.39, 0.29) is 0 Å².